The van der Waals surface area contributed by atoms with Crippen LogP contribution in [0.2, 0.25) is 5.02 Å². The molecule has 1 heterocycles. The number of carbonyl (C=O) groups is 1. The predicted molar refractivity (Wildman–Crippen MR) is 81.5 cm³/mol. The summed E-state index contributed by atoms with van der Waals surface area (Å²) in [6.45, 7) is 5.00. The van der Waals surface area contributed by atoms with Gasteiger partial charge in [0.05, 0.1) is 6.10 Å². The SMILES string of the molecule is C/C(=C/C(=O)N1CCC(C)C(O)C1)c1ccccc1Cl. The van der Waals surface area contributed by atoms with Crippen molar-refractivity contribution in [3.05, 3.63) is 40.9 Å². The number of aliphatic hydroxyl groups excluding tert-OH is 1. The monoisotopic (exact) mass is 293 g/mol. The lowest BCUT2D eigenvalue weighted by atomic mass is 9.96. The van der Waals surface area contributed by atoms with Crippen LogP contribution in [-0.4, -0.2) is 35.1 Å². The van der Waals surface area contributed by atoms with Gasteiger partial charge in [0.25, 0.3) is 0 Å². The quantitative estimate of drug-likeness (QED) is 0.852. The second-order valence-corrected chi connectivity index (χ2v) is 5.83. The van der Waals surface area contributed by atoms with Crippen molar-refractivity contribution in [2.45, 2.75) is 26.4 Å². The highest BCUT2D eigenvalue weighted by atomic mass is 35.5. The highest BCUT2D eigenvalue weighted by molar-refractivity contribution is 6.32. The molecule has 20 heavy (non-hydrogen) atoms. The van der Waals surface area contributed by atoms with Gasteiger partial charge >= 0.3 is 0 Å². The van der Waals surface area contributed by atoms with Gasteiger partial charge in [0.15, 0.2) is 0 Å². The number of carbonyl (C=O) groups excluding carboxylic acids is 1. The summed E-state index contributed by atoms with van der Waals surface area (Å²) < 4.78 is 0. The molecular weight excluding hydrogens is 274 g/mol. The lowest BCUT2D eigenvalue weighted by Crippen LogP contribution is -2.45. The summed E-state index contributed by atoms with van der Waals surface area (Å²) in [5.41, 5.74) is 1.71. The summed E-state index contributed by atoms with van der Waals surface area (Å²) in [7, 11) is 0. The van der Waals surface area contributed by atoms with Crippen molar-refractivity contribution >= 4 is 23.1 Å². The summed E-state index contributed by atoms with van der Waals surface area (Å²) in [4.78, 5) is 13.9. The van der Waals surface area contributed by atoms with E-state index in [1.54, 1.807) is 11.0 Å². The maximum absolute atomic E-state index is 12.2. The standard InChI is InChI=1S/C16H20ClNO2/c1-11-7-8-18(10-15(11)19)16(20)9-12(2)13-5-3-4-6-14(13)17/h3-6,9,11,15,19H,7-8,10H2,1-2H3/b12-9-. The van der Waals surface area contributed by atoms with Crippen molar-refractivity contribution in [2.24, 2.45) is 5.92 Å². The Kier molecular flexibility index (Phi) is 4.84. The summed E-state index contributed by atoms with van der Waals surface area (Å²) in [5, 5.41) is 10.5. The number of β-amino-alcohol motifs (C(OH)–C–C–N with tert-alkyl or cyclic N) is 1. The van der Waals surface area contributed by atoms with Crippen LogP contribution < -0.4 is 0 Å². The molecule has 4 heteroatoms. The minimum Gasteiger partial charge on any atom is -0.391 e. The number of piperidine rings is 1. The predicted octanol–water partition coefficient (Wildman–Crippen LogP) is 2.97. The number of rotatable bonds is 2. The summed E-state index contributed by atoms with van der Waals surface area (Å²) >= 11 is 6.12. The smallest absolute Gasteiger partial charge is 0.246 e. The second kappa shape index (κ2) is 6.42. The minimum atomic E-state index is -0.429. The maximum atomic E-state index is 12.2. The highest BCUT2D eigenvalue weighted by Gasteiger charge is 2.26. The molecule has 0 bridgehead atoms. The van der Waals surface area contributed by atoms with E-state index in [1.807, 2.05) is 38.1 Å². The molecule has 0 aromatic heterocycles. The van der Waals surface area contributed by atoms with Crippen LogP contribution in [0.25, 0.3) is 5.57 Å². The molecule has 0 radical (unpaired) electrons. The molecule has 1 aliphatic heterocycles. The molecule has 1 aliphatic rings. The molecule has 0 spiro atoms. The van der Waals surface area contributed by atoms with Gasteiger partial charge in [-0.1, -0.05) is 36.7 Å². The third kappa shape index (κ3) is 3.41. The zero-order valence-corrected chi connectivity index (χ0v) is 12.6. The van der Waals surface area contributed by atoms with Gasteiger partial charge in [-0.3, -0.25) is 4.79 Å². The first-order valence-corrected chi connectivity index (χ1v) is 7.27. The van der Waals surface area contributed by atoms with Crippen molar-refractivity contribution in [3.8, 4) is 0 Å². The first-order chi connectivity index (χ1) is 9.49. The molecule has 2 rings (SSSR count). The van der Waals surface area contributed by atoms with Gasteiger partial charge in [-0.15, -0.1) is 0 Å². The largest absolute Gasteiger partial charge is 0.391 e. The van der Waals surface area contributed by atoms with Crippen LogP contribution >= 0.6 is 11.6 Å². The van der Waals surface area contributed by atoms with Gasteiger partial charge in [-0.05, 0) is 36.5 Å². The van der Waals surface area contributed by atoms with Gasteiger partial charge in [0.1, 0.15) is 0 Å². The second-order valence-electron chi connectivity index (χ2n) is 5.42. The van der Waals surface area contributed by atoms with Crippen LogP contribution in [0, 0.1) is 5.92 Å². The third-order valence-electron chi connectivity index (χ3n) is 3.87. The average Bonchev–Trinajstić information content (AvgIpc) is 2.42. The van der Waals surface area contributed by atoms with Crippen molar-refractivity contribution in [1.29, 1.82) is 0 Å². The van der Waals surface area contributed by atoms with E-state index in [4.69, 9.17) is 11.6 Å². The lowest BCUT2D eigenvalue weighted by Gasteiger charge is -2.33. The van der Waals surface area contributed by atoms with Gasteiger partial charge in [-0.25, -0.2) is 0 Å². The van der Waals surface area contributed by atoms with Gasteiger partial charge in [0, 0.05) is 24.2 Å². The van der Waals surface area contributed by atoms with E-state index in [1.165, 1.54) is 0 Å². The van der Waals surface area contributed by atoms with Crippen LogP contribution in [0.1, 0.15) is 25.8 Å². The average molecular weight is 294 g/mol. The molecule has 2 unspecified atom stereocenters. The highest BCUT2D eigenvalue weighted by Crippen LogP contribution is 2.24. The summed E-state index contributed by atoms with van der Waals surface area (Å²) in [6.07, 6.45) is 2.01. The number of hydrogen-bond acceptors (Lipinski definition) is 2. The number of benzene rings is 1. The Morgan fingerprint density at radius 2 is 2.15 bits per heavy atom. The number of likely N-dealkylation sites (tertiary alicyclic amines) is 1. The minimum absolute atomic E-state index is 0.0617. The fourth-order valence-corrected chi connectivity index (χ4v) is 2.67. The number of amides is 1. The van der Waals surface area contributed by atoms with Crippen molar-refractivity contribution in [1.82, 2.24) is 4.90 Å². The van der Waals surface area contributed by atoms with Crippen molar-refractivity contribution in [3.63, 3.8) is 0 Å². The van der Waals surface area contributed by atoms with E-state index >= 15 is 0 Å². The Morgan fingerprint density at radius 1 is 1.45 bits per heavy atom. The molecule has 2 atom stereocenters. The van der Waals surface area contributed by atoms with Crippen LogP contribution in [0.4, 0.5) is 0 Å². The first-order valence-electron chi connectivity index (χ1n) is 6.89. The third-order valence-corrected chi connectivity index (χ3v) is 4.20. The topological polar surface area (TPSA) is 40.5 Å². The molecule has 0 saturated carbocycles. The summed E-state index contributed by atoms with van der Waals surface area (Å²) in [6, 6.07) is 7.47. The van der Waals surface area contributed by atoms with Gasteiger partial charge < -0.3 is 10.0 Å². The molecule has 1 aromatic rings. The Labute approximate surface area is 124 Å². The number of hydrogen-bond donors (Lipinski definition) is 1. The van der Waals surface area contributed by atoms with E-state index in [0.29, 0.717) is 18.1 Å². The Bertz CT molecular complexity index is 527. The molecule has 1 amide bonds. The van der Waals surface area contributed by atoms with E-state index in [9.17, 15) is 9.90 Å². The van der Waals surface area contributed by atoms with E-state index in [-0.39, 0.29) is 11.8 Å². The zero-order valence-electron chi connectivity index (χ0n) is 11.8. The maximum Gasteiger partial charge on any atom is 0.246 e. The van der Waals surface area contributed by atoms with Crippen LogP contribution in [-0.2, 0) is 4.79 Å². The number of allylic oxidation sites excluding steroid dienone is 1. The van der Waals surface area contributed by atoms with Gasteiger partial charge in [0.2, 0.25) is 5.91 Å². The van der Waals surface area contributed by atoms with E-state index < -0.39 is 6.10 Å². The number of aliphatic hydroxyl groups is 1. The molecule has 1 saturated heterocycles. The molecule has 0 aliphatic carbocycles. The lowest BCUT2D eigenvalue weighted by molar-refractivity contribution is -0.130. The van der Waals surface area contributed by atoms with Crippen LogP contribution in [0.5, 0.6) is 0 Å². The fourth-order valence-electron chi connectivity index (χ4n) is 2.38. The molecular formula is C16H20ClNO2. The van der Waals surface area contributed by atoms with E-state index in [2.05, 4.69) is 0 Å². The molecule has 3 nitrogen and oxygen atoms in total. The zero-order chi connectivity index (χ0) is 14.7. The van der Waals surface area contributed by atoms with E-state index in [0.717, 1.165) is 17.6 Å². The number of halogens is 1. The Balaban J connectivity index is 2.10. The van der Waals surface area contributed by atoms with Crippen molar-refractivity contribution < 1.29 is 9.90 Å². The Hall–Kier alpha value is -1.32. The van der Waals surface area contributed by atoms with Crippen molar-refractivity contribution in [2.75, 3.05) is 13.1 Å². The normalized spacial score (nSPS) is 23.8. The molecule has 108 valence electrons. The van der Waals surface area contributed by atoms with Gasteiger partial charge in [-0.2, -0.15) is 0 Å². The van der Waals surface area contributed by atoms with Crippen LogP contribution in [0.3, 0.4) is 0 Å². The fraction of sp³-hybridized carbons (Fsp3) is 0.438. The molecule has 1 fully saturated rings. The van der Waals surface area contributed by atoms with Crippen LogP contribution in [0.15, 0.2) is 30.3 Å². The Morgan fingerprint density at radius 3 is 2.80 bits per heavy atom. The molecule has 1 aromatic carbocycles. The first kappa shape index (κ1) is 15.1. The number of nitrogens with zero attached hydrogens (tertiary/aromatic N) is 1. The summed E-state index contributed by atoms with van der Waals surface area (Å²) in [5.74, 6) is 0.195. The molecule has 1 N–H and O–H groups in total.